The van der Waals surface area contributed by atoms with Crippen molar-refractivity contribution < 1.29 is 19.6 Å². The molecule has 0 unspecified atom stereocenters. The molecule has 0 spiro atoms. The van der Waals surface area contributed by atoms with Crippen molar-refractivity contribution in [1.82, 2.24) is 0 Å². The van der Waals surface area contributed by atoms with E-state index in [0.717, 1.165) is 6.07 Å². The average Bonchev–Trinajstić information content (AvgIpc) is 2.38. The second-order valence-electron chi connectivity index (χ2n) is 3.87. The number of ether oxygens (including phenoxy) is 1. The number of hydrogen-bond acceptors (Lipinski definition) is 5. The van der Waals surface area contributed by atoms with E-state index in [9.17, 15) is 14.9 Å². The molecule has 1 aromatic rings. The smallest absolute Gasteiger partial charge is 0.313 e. The Morgan fingerprint density at radius 3 is 2.75 bits per heavy atom. The zero-order valence-corrected chi connectivity index (χ0v) is 12.5. The highest BCUT2D eigenvalue weighted by Crippen LogP contribution is 2.33. The molecule has 0 amide bonds. The van der Waals surface area contributed by atoms with Gasteiger partial charge in [0, 0.05) is 12.5 Å². The van der Waals surface area contributed by atoms with Gasteiger partial charge in [-0.3, -0.25) is 14.9 Å². The van der Waals surface area contributed by atoms with Crippen molar-refractivity contribution in [3.05, 3.63) is 31.4 Å². The number of carboxylic acid groups (broad SMARTS) is 1. The molecule has 1 aromatic carbocycles. The highest BCUT2D eigenvalue weighted by atomic mass is 127. The summed E-state index contributed by atoms with van der Waals surface area (Å²) in [7, 11) is 0. The molecular weight excluding hydrogens is 379 g/mol. The number of unbranched alkanes of at least 4 members (excludes halogenated alkanes) is 1. The highest BCUT2D eigenvalue weighted by molar-refractivity contribution is 14.1. The number of nitrogens with zero attached hydrogens (tertiary/aromatic N) is 2. The summed E-state index contributed by atoms with van der Waals surface area (Å²) >= 11 is 1.87. The molecule has 0 aliphatic rings. The van der Waals surface area contributed by atoms with Crippen LogP contribution in [0.1, 0.15) is 24.8 Å². The summed E-state index contributed by atoms with van der Waals surface area (Å²) in [5, 5.41) is 28.2. The Hall–Kier alpha value is -1.89. The minimum atomic E-state index is -0.885. The molecule has 20 heavy (non-hydrogen) atoms. The topological polar surface area (TPSA) is 113 Å². The summed E-state index contributed by atoms with van der Waals surface area (Å²) in [5.74, 6) is -0.770. The molecule has 1 rings (SSSR count). The van der Waals surface area contributed by atoms with Crippen LogP contribution in [0, 0.1) is 25.0 Å². The van der Waals surface area contributed by atoms with Gasteiger partial charge >= 0.3 is 11.7 Å². The second-order valence-corrected chi connectivity index (χ2v) is 5.04. The van der Waals surface area contributed by atoms with Crippen LogP contribution in [0.15, 0.2) is 12.1 Å². The Kier molecular flexibility index (Phi) is 6.17. The third-order valence-corrected chi connectivity index (χ3v) is 3.18. The first-order valence-electron chi connectivity index (χ1n) is 5.68. The van der Waals surface area contributed by atoms with Crippen molar-refractivity contribution in [2.75, 3.05) is 6.61 Å². The van der Waals surface area contributed by atoms with E-state index in [1.165, 1.54) is 6.07 Å². The molecular formula is C12H11IN2O5. The monoisotopic (exact) mass is 390 g/mol. The maximum Gasteiger partial charge on any atom is 0.313 e. The van der Waals surface area contributed by atoms with Crippen LogP contribution in [0.25, 0.3) is 0 Å². The molecule has 0 fully saturated rings. The number of benzene rings is 1. The van der Waals surface area contributed by atoms with Gasteiger partial charge in [0.15, 0.2) is 0 Å². The Morgan fingerprint density at radius 2 is 2.20 bits per heavy atom. The quantitative estimate of drug-likeness (QED) is 0.332. The summed E-state index contributed by atoms with van der Waals surface area (Å²) in [6, 6.07) is 4.51. The number of hydrogen-bond donors (Lipinski definition) is 1. The van der Waals surface area contributed by atoms with Gasteiger partial charge in [-0.25, -0.2) is 0 Å². The van der Waals surface area contributed by atoms with Crippen molar-refractivity contribution in [2.24, 2.45) is 0 Å². The van der Waals surface area contributed by atoms with Crippen LogP contribution in [-0.4, -0.2) is 22.6 Å². The summed E-state index contributed by atoms with van der Waals surface area (Å²) in [5.41, 5.74) is -0.0639. The van der Waals surface area contributed by atoms with Crippen LogP contribution in [0.4, 0.5) is 5.69 Å². The van der Waals surface area contributed by atoms with Crippen LogP contribution in [0.3, 0.4) is 0 Å². The maximum atomic E-state index is 11.0. The molecule has 0 aliphatic carbocycles. The van der Waals surface area contributed by atoms with E-state index in [4.69, 9.17) is 15.1 Å². The molecule has 0 saturated heterocycles. The van der Waals surface area contributed by atoms with Gasteiger partial charge in [0.05, 0.1) is 26.7 Å². The molecule has 0 radical (unpaired) electrons. The molecule has 0 saturated carbocycles. The van der Waals surface area contributed by atoms with Gasteiger partial charge in [-0.2, -0.15) is 5.26 Å². The maximum absolute atomic E-state index is 11.0. The normalized spacial score (nSPS) is 9.80. The fourth-order valence-electron chi connectivity index (χ4n) is 1.47. The standard InChI is InChI=1S/C12H11IN2O5/c13-9-5-8(7-14)6-10(15(18)19)12(9)20-4-2-1-3-11(16)17/h5-6H,1-4H2,(H,16,17). The van der Waals surface area contributed by atoms with E-state index in [1.807, 2.05) is 28.7 Å². The van der Waals surface area contributed by atoms with Gasteiger partial charge in [-0.1, -0.05) is 0 Å². The molecule has 106 valence electrons. The molecule has 1 N–H and O–H groups in total. The first-order valence-corrected chi connectivity index (χ1v) is 6.76. The molecule has 0 aliphatic heterocycles. The van der Waals surface area contributed by atoms with Crippen molar-refractivity contribution in [3.63, 3.8) is 0 Å². The minimum absolute atomic E-state index is 0.0376. The Bertz CT molecular complexity index is 568. The number of halogens is 1. The van der Waals surface area contributed by atoms with E-state index in [0.29, 0.717) is 16.4 Å². The lowest BCUT2D eigenvalue weighted by molar-refractivity contribution is -0.386. The predicted octanol–water partition coefficient (Wildman–Crippen LogP) is 2.70. The first kappa shape index (κ1) is 16.2. The summed E-state index contributed by atoms with van der Waals surface area (Å²) in [4.78, 5) is 20.7. The van der Waals surface area contributed by atoms with Crippen LogP contribution in [0.2, 0.25) is 0 Å². The SMILES string of the molecule is N#Cc1cc(I)c(OCCCCC(=O)O)c([N+](=O)[O-])c1. The number of carbonyl (C=O) groups is 1. The molecule has 7 nitrogen and oxygen atoms in total. The van der Waals surface area contributed by atoms with E-state index in [2.05, 4.69) is 0 Å². The van der Waals surface area contributed by atoms with E-state index >= 15 is 0 Å². The van der Waals surface area contributed by atoms with E-state index < -0.39 is 10.9 Å². The summed E-state index contributed by atoms with van der Waals surface area (Å²) in [6.07, 6.45) is 0.964. The fraction of sp³-hybridized carbons (Fsp3) is 0.333. The van der Waals surface area contributed by atoms with E-state index in [1.54, 1.807) is 0 Å². The zero-order chi connectivity index (χ0) is 15.1. The minimum Gasteiger partial charge on any atom is -0.486 e. The number of nitro benzene ring substituents is 1. The lowest BCUT2D eigenvalue weighted by Gasteiger charge is -2.08. The lowest BCUT2D eigenvalue weighted by atomic mass is 10.2. The molecule has 0 heterocycles. The first-order chi connectivity index (χ1) is 9.45. The van der Waals surface area contributed by atoms with Crippen LogP contribution < -0.4 is 4.74 Å². The predicted molar refractivity (Wildman–Crippen MR) is 77.5 cm³/mol. The fourth-order valence-corrected chi connectivity index (χ4v) is 2.24. The largest absolute Gasteiger partial charge is 0.486 e. The van der Waals surface area contributed by atoms with Crippen LogP contribution >= 0.6 is 22.6 Å². The third-order valence-electron chi connectivity index (χ3n) is 2.38. The van der Waals surface area contributed by atoms with Crippen LogP contribution in [-0.2, 0) is 4.79 Å². The second kappa shape index (κ2) is 7.64. The Balaban J connectivity index is 2.76. The van der Waals surface area contributed by atoms with Crippen LogP contribution in [0.5, 0.6) is 5.75 Å². The highest BCUT2D eigenvalue weighted by Gasteiger charge is 2.20. The van der Waals surface area contributed by atoms with Crippen molar-refractivity contribution in [2.45, 2.75) is 19.3 Å². The zero-order valence-electron chi connectivity index (χ0n) is 10.3. The Morgan fingerprint density at radius 1 is 1.50 bits per heavy atom. The number of nitriles is 1. The molecule has 8 heteroatoms. The average molecular weight is 390 g/mol. The van der Waals surface area contributed by atoms with Crippen molar-refractivity contribution >= 4 is 34.2 Å². The van der Waals surface area contributed by atoms with Gasteiger partial charge in [0.25, 0.3) is 0 Å². The third kappa shape index (κ3) is 4.65. The van der Waals surface area contributed by atoms with Gasteiger partial charge in [0.2, 0.25) is 5.75 Å². The van der Waals surface area contributed by atoms with E-state index in [-0.39, 0.29) is 30.0 Å². The summed E-state index contributed by atoms with van der Waals surface area (Å²) in [6.45, 7) is 0.190. The number of carboxylic acids is 1. The lowest BCUT2D eigenvalue weighted by Crippen LogP contribution is -2.04. The number of aliphatic carboxylic acids is 1. The van der Waals surface area contributed by atoms with Gasteiger partial charge in [0.1, 0.15) is 0 Å². The molecule has 0 atom stereocenters. The number of nitro groups is 1. The van der Waals surface area contributed by atoms with Gasteiger partial charge < -0.3 is 9.84 Å². The molecule has 0 aromatic heterocycles. The Labute approximate surface area is 128 Å². The number of rotatable bonds is 7. The van der Waals surface area contributed by atoms with Gasteiger partial charge in [-0.15, -0.1) is 0 Å². The van der Waals surface area contributed by atoms with Gasteiger partial charge in [-0.05, 0) is 41.5 Å². The summed E-state index contributed by atoms with van der Waals surface area (Å²) < 4.78 is 5.84. The molecule has 0 bridgehead atoms. The van der Waals surface area contributed by atoms with Crippen molar-refractivity contribution in [1.29, 1.82) is 5.26 Å². The van der Waals surface area contributed by atoms with Crippen molar-refractivity contribution in [3.8, 4) is 11.8 Å².